The lowest BCUT2D eigenvalue weighted by molar-refractivity contribution is 0.498. The van der Waals surface area contributed by atoms with Crippen LogP contribution < -0.4 is 10.6 Å². The molecule has 0 amide bonds. The first-order valence-corrected chi connectivity index (χ1v) is 7.42. The molecule has 3 rings (SSSR count). The van der Waals surface area contributed by atoms with Crippen molar-refractivity contribution < 1.29 is 0 Å². The molecular formula is C16H22N4. The zero-order chi connectivity index (χ0) is 13.9. The number of benzene rings is 1. The van der Waals surface area contributed by atoms with Crippen LogP contribution in [0.15, 0.2) is 36.5 Å². The minimum absolute atomic E-state index is 0.259. The summed E-state index contributed by atoms with van der Waals surface area (Å²) in [5.74, 6) is 1.03. The fraction of sp³-hybridized carbons (Fsp3) is 0.438. The summed E-state index contributed by atoms with van der Waals surface area (Å²) in [6, 6.07) is 10.7. The number of rotatable bonds is 3. The smallest absolute Gasteiger partial charge is 0.210 e. The normalized spacial score (nSPS) is 19.3. The van der Waals surface area contributed by atoms with Gasteiger partial charge in [0.05, 0.1) is 5.69 Å². The molecule has 1 aromatic heterocycles. The van der Waals surface area contributed by atoms with Crippen molar-refractivity contribution >= 4 is 5.95 Å². The molecule has 0 bridgehead atoms. The molecule has 1 aliphatic rings. The molecule has 2 heterocycles. The summed E-state index contributed by atoms with van der Waals surface area (Å²) in [5, 5.41) is 0. The summed E-state index contributed by atoms with van der Waals surface area (Å²) >= 11 is 0. The van der Waals surface area contributed by atoms with E-state index in [4.69, 9.17) is 10.7 Å². The summed E-state index contributed by atoms with van der Waals surface area (Å²) in [6.07, 6.45) is 5.35. The van der Waals surface area contributed by atoms with Crippen molar-refractivity contribution in [3.63, 3.8) is 0 Å². The maximum absolute atomic E-state index is 6.11. The summed E-state index contributed by atoms with van der Waals surface area (Å²) in [4.78, 5) is 7.12. The Morgan fingerprint density at radius 3 is 2.80 bits per heavy atom. The van der Waals surface area contributed by atoms with Crippen molar-refractivity contribution in [3.05, 3.63) is 42.2 Å². The lowest BCUT2D eigenvalue weighted by Gasteiger charge is -2.31. The largest absolute Gasteiger partial charge is 0.340 e. The quantitative estimate of drug-likeness (QED) is 0.931. The number of piperidine rings is 1. The molecule has 1 unspecified atom stereocenters. The highest BCUT2D eigenvalue weighted by Crippen LogP contribution is 2.23. The third-order valence-corrected chi connectivity index (χ3v) is 3.87. The van der Waals surface area contributed by atoms with Gasteiger partial charge in [-0.3, -0.25) is 4.57 Å². The Labute approximate surface area is 120 Å². The topological polar surface area (TPSA) is 47.1 Å². The Hall–Kier alpha value is -1.81. The first kappa shape index (κ1) is 13.2. The lowest BCUT2D eigenvalue weighted by Crippen LogP contribution is -2.43. The first-order chi connectivity index (χ1) is 9.78. The molecule has 1 saturated heterocycles. The Morgan fingerprint density at radius 2 is 2.10 bits per heavy atom. The second-order valence-corrected chi connectivity index (χ2v) is 5.44. The van der Waals surface area contributed by atoms with Crippen LogP contribution in [0, 0.1) is 0 Å². The SMILES string of the molecule is CCc1cn(-c2ccccc2)c(N2CCCC(N)C2)n1. The Bertz CT molecular complexity index is 561. The van der Waals surface area contributed by atoms with Crippen molar-refractivity contribution in [2.75, 3.05) is 18.0 Å². The van der Waals surface area contributed by atoms with Gasteiger partial charge in [-0.15, -0.1) is 0 Å². The molecule has 0 radical (unpaired) electrons. The molecule has 1 fully saturated rings. The van der Waals surface area contributed by atoms with E-state index < -0.39 is 0 Å². The van der Waals surface area contributed by atoms with Crippen LogP contribution in [0.3, 0.4) is 0 Å². The molecule has 0 aliphatic carbocycles. The number of hydrogen-bond donors (Lipinski definition) is 1. The van der Waals surface area contributed by atoms with Gasteiger partial charge in [0.2, 0.25) is 5.95 Å². The average Bonchev–Trinajstić information content (AvgIpc) is 2.92. The average molecular weight is 270 g/mol. The second kappa shape index (κ2) is 5.67. The number of hydrogen-bond acceptors (Lipinski definition) is 3. The fourth-order valence-corrected chi connectivity index (χ4v) is 2.78. The highest BCUT2D eigenvalue weighted by molar-refractivity contribution is 5.45. The zero-order valence-electron chi connectivity index (χ0n) is 12.0. The van der Waals surface area contributed by atoms with Crippen LogP contribution in [0.4, 0.5) is 5.95 Å². The molecule has 106 valence electrons. The summed E-state index contributed by atoms with van der Waals surface area (Å²) in [5.41, 5.74) is 8.40. The third-order valence-electron chi connectivity index (χ3n) is 3.87. The first-order valence-electron chi connectivity index (χ1n) is 7.42. The van der Waals surface area contributed by atoms with Gasteiger partial charge in [0.25, 0.3) is 0 Å². The monoisotopic (exact) mass is 270 g/mol. The summed E-state index contributed by atoms with van der Waals surface area (Å²) in [7, 11) is 0. The van der Waals surface area contributed by atoms with Gasteiger partial charge in [0, 0.05) is 31.0 Å². The fourth-order valence-electron chi connectivity index (χ4n) is 2.78. The minimum atomic E-state index is 0.259. The van der Waals surface area contributed by atoms with Gasteiger partial charge in [-0.05, 0) is 31.4 Å². The molecule has 1 aliphatic heterocycles. The van der Waals surface area contributed by atoms with E-state index in [1.165, 1.54) is 0 Å². The van der Waals surface area contributed by atoms with E-state index in [0.717, 1.165) is 49.7 Å². The van der Waals surface area contributed by atoms with Crippen LogP contribution in [0.2, 0.25) is 0 Å². The molecule has 2 N–H and O–H groups in total. The zero-order valence-corrected chi connectivity index (χ0v) is 12.0. The Balaban J connectivity index is 1.99. The van der Waals surface area contributed by atoms with Crippen molar-refractivity contribution in [3.8, 4) is 5.69 Å². The highest BCUT2D eigenvalue weighted by atomic mass is 15.3. The number of nitrogens with two attached hydrogens (primary N) is 1. The van der Waals surface area contributed by atoms with E-state index in [2.05, 4.69) is 46.9 Å². The van der Waals surface area contributed by atoms with Crippen molar-refractivity contribution in [2.24, 2.45) is 5.73 Å². The molecule has 4 nitrogen and oxygen atoms in total. The van der Waals surface area contributed by atoms with E-state index in [1.54, 1.807) is 0 Å². The van der Waals surface area contributed by atoms with Crippen LogP contribution in [0.1, 0.15) is 25.5 Å². The number of anilines is 1. The van der Waals surface area contributed by atoms with Crippen molar-refractivity contribution in [2.45, 2.75) is 32.2 Å². The van der Waals surface area contributed by atoms with Crippen LogP contribution in [-0.2, 0) is 6.42 Å². The molecule has 0 saturated carbocycles. The summed E-state index contributed by atoms with van der Waals surface area (Å²) < 4.78 is 2.19. The highest BCUT2D eigenvalue weighted by Gasteiger charge is 2.21. The van der Waals surface area contributed by atoms with Crippen LogP contribution in [0.25, 0.3) is 5.69 Å². The third kappa shape index (κ3) is 2.56. The Morgan fingerprint density at radius 1 is 1.30 bits per heavy atom. The number of imidazole rings is 1. The van der Waals surface area contributed by atoms with Crippen LogP contribution in [-0.4, -0.2) is 28.7 Å². The molecule has 20 heavy (non-hydrogen) atoms. The molecule has 1 aromatic carbocycles. The molecule has 4 heteroatoms. The maximum atomic E-state index is 6.11. The predicted molar refractivity (Wildman–Crippen MR) is 82.4 cm³/mol. The molecular weight excluding hydrogens is 248 g/mol. The van der Waals surface area contributed by atoms with Gasteiger partial charge in [0.1, 0.15) is 0 Å². The standard InChI is InChI=1S/C16H22N4/c1-2-14-12-20(15-8-4-3-5-9-15)16(18-14)19-10-6-7-13(17)11-19/h3-5,8-9,12-13H,2,6-7,10-11,17H2,1H3. The van der Waals surface area contributed by atoms with Crippen molar-refractivity contribution in [1.82, 2.24) is 9.55 Å². The van der Waals surface area contributed by atoms with Gasteiger partial charge in [0.15, 0.2) is 0 Å². The number of aryl methyl sites for hydroxylation is 1. The van der Waals surface area contributed by atoms with Gasteiger partial charge in [-0.2, -0.15) is 0 Å². The lowest BCUT2D eigenvalue weighted by atomic mass is 10.1. The van der Waals surface area contributed by atoms with E-state index >= 15 is 0 Å². The number of para-hydroxylation sites is 1. The van der Waals surface area contributed by atoms with Gasteiger partial charge >= 0.3 is 0 Å². The molecule has 2 aromatic rings. The number of nitrogens with zero attached hydrogens (tertiary/aromatic N) is 3. The van der Waals surface area contributed by atoms with E-state index in [1.807, 2.05) is 6.07 Å². The van der Waals surface area contributed by atoms with Gasteiger partial charge in [-0.1, -0.05) is 25.1 Å². The van der Waals surface area contributed by atoms with Crippen LogP contribution in [0.5, 0.6) is 0 Å². The molecule has 0 spiro atoms. The van der Waals surface area contributed by atoms with E-state index in [-0.39, 0.29) is 6.04 Å². The van der Waals surface area contributed by atoms with Crippen LogP contribution >= 0.6 is 0 Å². The number of aromatic nitrogens is 2. The van der Waals surface area contributed by atoms with E-state index in [9.17, 15) is 0 Å². The molecule has 1 atom stereocenters. The maximum Gasteiger partial charge on any atom is 0.210 e. The van der Waals surface area contributed by atoms with E-state index in [0.29, 0.717) is 0 Å². The Kier molecular flexibility index (Phi) is 3.74. The van der Waals surface area contributed by atoms with Gasteiger partial charge in [-0.25, -0.2) is 4.98 Å². The summed E-state index contributed by atoms with van der Waals surface area (Å²) in [6.45, 7) is 4.08. The minimum Gasteiger partial charge on any atom is -0.340 e. The van der Waals surface area contributed by atoms with Gasteiger partial charge < -0.3 is 10.6 Å². The second-order valence-electron chi connectivity index (χ2n) is 5.44. The predicted octanol–water partition coefficient (Wildman–Crippen LogP) is 2.36. The van der Waals surface area contributed by atoms with Crippen molar-refractivity contribution in [1.29, 1.82) is 0 Å².